The number of sulfonamides is 1. The second kappa shape index (κ2) is 10.3. The van der Waals surface area contributed by atoms with Crippen molar-refractivity contribution in [3.8, 4) is 0 Å². The van der Waals surface area contributed by atoms with Crippen molar-refractivity contribution in [3.63, 3.8) is 0 Å². The highest BCUT2D eigenvalue weighted by Crippen LogP contribution is 2.24. The summed E-state index contributed by atoms with van der Waals surface area (Å²) in [6.45, 7) is 4.23. The number of hydrogen-bond acceptors (Lipinski definition) is 3. The summed E-state index contributed by atoms with van der Waals surface area (Å²) in [5.41, 5.74) is 2.97. The van der Waals surface area contributed by atoms with Crippen LogP contribution in [0.25, 0.3) is 0 Å². The molecule has 3 aromatic carbocycles. The van der Waals surface area contributed by atoms with Crippen LogP contribution in [0.15, 0.2) is 83.8 Å². The van der Waals surface area contributed by atoms with Crippen LogP contribution < -0.4 is 9.62 Å². The minimum absolute atomic E-state index is 0.234. The number of nitrogens with zero attached hydrogens (tertiary/aromatic N) is 1. The van der Waals surface area contributed by atoms with Crippen LogP contribution in [0.2, 0.25) is 0 Å². The molecule has 0 spiro atoms. The standard InChI is InChI=1S/C25H28N2O3S/c1-3-5-9-20-12-16-22(17-13-20)26-25(28)21-14-18-23(19-15-21)27(4-2)31(29,30)24-10-7-6-8-11-24/h6-8,10-19H,3-5,9H2,1-2H3,(H,26,28). The van der Waals surface area contributed by atoms with Crippen molar-refractivity contribution in [1.82, 2.24) is 0 Å². The highest BCUT2D eigenvalue weighted by molar-refractivity contribution is 7.92. The Morgan fingerprint density at radius 1 is 0.871 bits per heavy atom. The van der Waals surface area contributed by atoms with Crippen molar-refractivity contribution in [1.29, 1.82) is 0 Å². The molecular weight excluding hydrogens is 408 g/mol. The molecule has 0 fully saturated rings. The number of rotatable bonds is 9. The van der Waals surface area contributed by atoms with E-state index in [0.717, 1.165) is 24.9 Å². The van der Waals surface area contributed by atoms with Gasteiger partial charge in [0.15, 0.2) is 0 Å². The predicted molar refractivity (Wildman–Crippen MR) is 126 cm³/mol. The highest BCUT2D eigenvalue weighted by Gasteiger charge is 2.23. The number of carbonyl (C=O) groups is 1. The molecule has 0 bridgehead atoms. The average Bonchev–Trinajstić information content (AvgIpc) is 2.80. The van der Waals surface area contributed by atoms with Crippen molar-refractivity contribution in [2.24, 2.45) is 0 Å². The molecule has 162 valence electrons. The quantitative estimate of drug-likeness (QED) is 0.482. The van der Waals surface area contributed by atoms with Crippen LogP contribution in [0.5, 0.6) is 0 Å². The lowest BCUT2D eigenvalue weighted by Gasteiger charge is -2.23. The molecule has 0 heterocycles. The van der Waals surface area contributed by atoms with Crippen molar-refractivity contribution < 1.29 is 13.2 Å². The van der Waals surface area contributed by atoms with Gasteiger partial charge in [-0.25, -0.2) is 8.42 Å². The highest BCUT2D eigenvalue weighted by atomic mass is 32.2. The summed E-state index contributed by atoms with van der Waals surface area (Å²) in [5, 5.41) is 2.89. The Labute approximate surface area is 184 Å². The van der Waals surface area contributed by atoms with E-state index in [1.807, 2.05) is 24.3 Å². The maximum atomic E-state index is 13.0. The predicted octanol–water partition coefficient (Wildman–Crippen LogP) is 5.50. The van der Waals surface area contributed by atoms with Gasteiger partial charge in [0, 0.05) is 17.8 Å². The normalized spacial score (nSPS) is 11.2. The van der Waals surface area contributed by atoms with E-state index in [9.17, 15) is 13.2 Å². The van der Waals surface area contributed by atoms with Crippen LogP contribution >= 0.6 is 0 Å². The Balaban J connectivity index is 1.72. The molecule has 0 aromatic heterocycles. The van der Waals surface area contributed by atoms with Gasteiger partial charge in [0.1, 0.15) is 0 Å². The lowest BCUT2D eigenvalue weighted by atomic mass is 10.1. The molecule has 0 saturated heterocycles. The van der Waals surface area contributed by atoms with Crippen LogP contribution in [-0.2, 0) is 16.4 Å². The van der Waals surface area contributed by atoms with Crippen LogP contribution in [0.1, 0.15) is 42.6 Å². The third kappa shape index (κ3) is 5.52. The SMILES string of the molecule is CCCCc1ccc(NC(=O)c2ccc(N(CC)S(=O)(=O)c3ccccc3)cc2)cc1. The van der Waals surface area contributed by atoms with Gasteiger partial charge in [0.2, 0.25) is 0 Å². The van der Waals surface area contributed by atoms with Crippen molar-refractivity contribution >= 4 is 27.3 Å². The number of anilines is 2. The fraction of sp³-hybridized carbons (Fsp3) is 0.240. The van der Waals surface area contributed by atoms with E-state index >= 15 is 0 Å². The smallest absolute Gasteiger partial charge is 0.264 e. The third-order valence-electron chi connectivity index (χ3n) is 5.07. The fourth-order valence-electron chi connectivity index (χ4n) is 3.33. The van der Waals surface area contributed by atoms with E-state index in [4.69, 9.17) is 0 Å². The minimum Gasteiger partial charge on any atom is -0.322 e. The van der Waals surface area contributed by atoms with Gasteiger partial charge < -0.3 is 5.32 Å². The Morgan fingerprint density at radius 3 is 2.10 bits per heavy atom. The van der Waals surface area contributed by atoms with Crippen LogP contribution in [-0.4, -0.2) is 20.9 Å². The van der Waals surface area contributed by atoms with E-state index in [2.05, 4.69) is 12.2 Å². The first-order valence-corrected chi connectivity index (χ1v) is 12.0. The molecule has 0 saturated carbocycles. The molecule has 6 heteroatoms. The maximum Gasteiger partial charge on any atom is 0.264 e. The Bertz CT molecular complexity index is 1090. The minimum atomic E-state index is -3.66. The number of unbranched alkanes of at least 4 members (excludes halogenated alkanes) is 1. The van der Waals surface area contributed by atoms with Crippen molar-refractivity contribution in [3.05, 3.63) is 90.0 Å². The summed E-state index contributed by atoms with van der Waals surface area (Å²) in [4.78, 5) is 12.8. The fourth-order valence-corrected chi connectivity index (χ4v) is 4.82. The van der Waals surface area contributed by atoms with Crippen LogP contribution in [0, 0.1) is 0 Å². The molecule has 1 N–H and O–H groups in total. The summed E-state index contributed by atoms with van der Waals surface area (Å²) in [7, 11) is -3.66. The van der Waals surface area contributed by atoms with Crippen LogP contribution in [0.3, 0.4) is 0 Å². The topological polar surface area (TPSA) is 66.5 Å². The molecule has 0 atom stereocenters. The van der Waals surface area contributed by atoms with E-state index < -0.39 is 10.0 Å². The van der Waals surface area contributed by atoms with E-state index in [0.29, 0.717) is 11.3 Å². The first-order valence-electron chi connectivity index (χ1n) is 10.5. The average molecular weight is 437 g/mol. The molecule has 0 aliphatic rings. The first-order chi connectivity index (χ1) is 15.0. The first kappa shape index (κ1) is 22.6. The van der Waals surface area contributed by atoms with Crippen molar-refractivity contribution in [2.75, 3.05) is 16.2 Å². The summed E-state index contributed by atoms with van der Waals surface area (Å²) in [5.74, 6) is -0.234. The van der Waals surface area contributed by atoms with Gasteiger partial charge in [0.05, 0.1) is 10.6 Å². The van der Waals surface area contributed by atoms with Gasteiger partial charge in [0.25, 0.3) is 15.9 Å². The Hall–Kier alpha value is -3.12. The van der Waals surface area contributed by atoms with Gasteiger partial charge >= 0.3 is 0 Å². The number of benzene rings is 3. The largest absolute Gasteiger partial charge is 0.322 e. The molecule has 31 heavy (non-hydrogen) atoms. The molecule has 0 aliphatic heterocycles. The lowest BCUT2D eigenvalue weighted by molar-refractivity contribution is 0.102. The van der Waals surface area contributed by atoms with Crippen LogP contribution in [0.4, 0.5) is 11.4 Å². The molecule has 3 aromatic rings. The number of hydrogen-bond donors (Lipinski definition) is 1. The number of aryl methyl sites for hydroxylation is 1. The van der Waals surface area contributed by atoms with Gasteiger partial charge in [-0.2, -0.15) is 0 Å². The number of nitrogens with one attached hydrogen (secondary N) is 1. The Kier molecular flexibility index (Phi) is 7.47. The van der Waals surface area contributed by atoms with Gasteiger partial charge in [-0.1, -0.05) is 43.7 Å². The van der Waals surface area contributed by atoms with E-state index in [1.54, 1.807) is 61.5 Å². The van der Waals surface area contributed by atoms with Gasteiger partial charge in [-0.3, -0.25) is 9.10 Å². The number of amides is 1. The molecule has 0 aliphatic carbocycles. The zero-order chi connectivity index (χ0) is 22.3. The molecule has 1 amide bonds. The number of carbonyl (C=O) groups excluding carboxylic acids is 1. The monoisotopic (exact) mass is 436 g/mol. The summed E-state index contributed by atoms with van der Waals surface area (Å²) >= 11 is 0. The van der Waals surface area contributed by atoms with Gasteiger partial charge in [-0.15, -0.1) is 0 Å². The summed E-state index contributed by atoms with van der Waals surface area (Å²) < 4.78 is 27.3. The molecular formula is C25H28N2O3S. The zero-order valence-corrected chi connectivity index (χ0v) is 18.7. The van der Waals surface area contributed by atoms with Crippen molar-refractivity contribution in [2.45, 2.75) is 38.0 Å². The Morgan fingerprint density at radius 2 is 1.52 bits per heavy atom. The lowest BCUT2D eigenvalue weighted by Crippen LogP contribution is -2.30. The molecule has 0 radical (unpaired) electrons. The van der Waals surface area contributed by atoms with E-state index in [1.165, 1.54) is 9.87 Å². The van der Waals surface area contributed by atoms with Gasteiger partial charge in [-0.05, 0) is 73.9 Å². The molecule has 3 rings (SSSR count). The summed E-state index contributed by atoms with van der Waals surface area (Å²) in [6.07, 6.45) is 3.33. The molecule has 0 unspecified atom stereocenters. The zero-order valence-electron chi connectivity index (χ0n) is 17.9. The summed E-state index contributed by atoms with van der Waals surface area (Å²) in [6, 6.07) is 22.8. The maximum absolute atomic E-state index is 13.0. The second-order valence-electron chi connectivity index (χ2n) is 7.28. The third-order valence-corrected chi connectivity index (χ3v) is 6.98. The van der Waals surface area contributed by atoms with E-state index in [-0.39, 0.29) is 17.3 Å². The second-order valence-corrected chi connectivity index (χ2v) is 9.15. The molecule has 5 nitrogen and oxygen atoms in total.